The maximum absolute atomic E-state index is 11.9. The number of para-hydroxylation sites is 1. The van der Waals surface area contributed by atoms with Gasteiger partial charge in [0.15, 0.2) is 0 Å². The van der Waals surface area contributed by atoms with Crippen molar-refractivity contribution >= 4 is 22.9 Å². The van der Waals surface area contributed by atoms with E-state index in [1.807, 2.05) is 42.5 Å². The molecule has 0 aliphatic rings. The minimum absolute atomic E-state index is 0.0691. The van der Waals surface area contributed by atoms with Crippen LogP contribution in [0.2, 0.25) is 0 Å². The highest BCUT2D eigenvalue weighted by Crippen LogP contribution is 2.17. The highest BCUT2D eigenvalue weighted by Gasteiger charge is 2.08. The van der Waals surface area contributed by atoms with Gasteiger partial charge >= 0.3 is 0 Å². The first-order valence-corrected chi connectivity index (χ1v) is 6.85. The molecule has 0 aromatic heterocycles. The molecule has 4 heteroatoms. The van der Waals surface area contributed by atoms with Crippen LogP contribution in [-0.4, -0.2) is 17.2 Å². The van der Waals surface area contributed by atoms with Gasteiger partial charge in [0.2, 0.25) is 0 Å². The molecule has 3 aromatic carbocycles. The lowest BCUT2D eigenvalue weighted by molar-refractivity contribution is 0.0952. The summed E-state index contributed by atoms with van der Waals surface area (Å²) in [6.45, 7) is 0. The molecule has 0 radical (unpaired) electrons. The third kappa shape index (κ3) is 2.81. The van der Waals surface area contributed by atoms with Crippen molar-refractivity contribution in [2.45, 2.75) is 0 Å². The van der Waals surface area contributed by atoms with Gasteiger partial charge in [-0.05, 0) is 22.9 Å². The van der Waals surface area contributed by atoms with Gasteiger partial charge in [-0.1, -0.05) is 54.6 Å². The second-order valence-corrected chi connectivity index (χ2v) is 4.78. The maximum Gasteiger partial charge on any atom is 0.275 e. The molecule has 2 N–H and O–H groups in total. The molecule has 3 aromatic rings. The van der Waals surface area contributed by atoms with Crippen LogP contribution < -0.4 is 5.43 Å². The Morgan fingerprint density at radius 3 is 2.55 bits per heavy atom. The van der Waals surface area contributed by atoms with E-state index in [4.69, 9.17) is 0 Å². The van der Waals surface area contributed by atoms with E-state index in [1.165, 1.54) is 12.1 Å². The Labute approximate surface area is 127 Å². The summed E-state index contributed by atoms with van der Waals surface area (Å²) in [5.41, 5.74) is 3.53. The molecule has 0 aliphatic heterocycles. The molecule has 0 atom stereocenters. The van der Waals surface area contributed by atoms with Crippen LogP contribution in [0.1, 0.15) is 15.9 Å². The van der Waals surface area contributed by atoms with E-state index in [9.17, 15) is 9.90 Å². The molecule has 0 saturated carbocycles. The topological polar surface area (TPSA) is 61.7 Å². The molecule has 0 bridgehead atoms. The van der Waals surface area contributed by atoms with Crippen LogP contribution in [0.25, 0.3) is 10.8 Å². The van der Waals surface area contributed by atoms with E-state index in [0.717, 1.165) is 16.3 Å². The molecule has 22 heavy (non-hydrogen) atoms. The summed E-state index contributed by atoms with van der Waals surface area (Å²) in [4.78, 5) is 11.9. The number of benzene rings is 3. The third-order valence-electron chi connectivity index (χ3n) is 3.34. The second kappa shape index (κ2) is 6.10. The molecule has 3 rings (SSSR count). The summed E-state index contributed by atoms with van der Waals surface area (Å²) in [5.74, 6) is -0.519. The molecule has 4 nitrogen and oxygen atoms in total. The van der Waals surface area contributed by atoms with Crippen LogP contribution in [-0.2, 0) is 0 Å². The Morgan fingerprint density at radius 1 is 0.955 bits per heavy atom. The predicted octanol–water partition coefficient (Wildman–Crippen LogP) is 3.31. The average molecular weight is 290 g/mol. The quantitative estimate of drug-likeness (QED) is 0.574. The first kappa shape index (κ1) is 13.8. The normalized spacial score (nSPS) is 10.9. The predicted molar refractivity (Wildman–Crippen MR) is 87.1 cm³/mol. The number of fused-ring (bicyclic) bond motifs is 1. The summed E-state index contributed by atoms with van der Waals surface area (Å²) in [6, 6.07) is 20.2. The molecule has 0 unspecified atom stereocenters. The average Bonchev–Trinajstić information content (AvgIpc) is 2.55. The summed E-state index contributed by atoms with van der Waals surface area (Å²) >= 11 is 0. The fourth-order valence-electron chi connectivity index (χ4n) is 2.25. The van der Waals surface area contributed by atoms with Gasteiger partial charge in [0.1, 0.15) is 5.75 Å². The lowest BCUT2D eigenvalue weighted by Gasteiger charge is -2.03. The van der Waals surface area contributed by atoms with Crippen LogP contribution in [0, 0.1) is 0 Å². The SMILES string of the molecule is O=C(N/N=C/c1cccc2ccccc12)c1ccccc1O. The molecule has 0 spiro atoms. The van der Waals surface area contributed by atoms with Crippen molar-refractivity contribution in [3.8, 4) is 5.75 Å². The number of nitrogens with one attached hydrogen (secondary N) is 1. The van der Waals surface area contributed by atoms with Crippen molar-refractivity contribution in [2.24, 2.45) is 5.10 Å². The first-order valence-electron chi connectivity index (χ1n) is 6.85. The number of rotatable bonds is 3. The third-order valence-corrected chi connectivity index (χ3v) is 3.34. The summed E-state index contributed by atoms with van der Waals surface area (Å²) in [7, 11) is 0. The summed E-state index contributed by atoms with van der Waals surface area (Å²) in [6.07, 6.45) is 1.60. The number of phenols is 1. The van der Waals surface area contributed by atoms with Crippen LogP contribution in [0.4, 0.5) is 0 Å². The number of carbonyl (C=O) groups excluding carboxylic acids is 1. The van der Waals surface area contributed by atoms with Gasteiger partial charge in [-0.25, -0.2) is 5.43 Å². The number of carbonyl (C=O) groups is 1. The van der Waals surface area contributed by atoms with Gasteiger partial charge in [0, 0.05) is 5.56 Å². The number of hydrogen-bond donors (Lipinski definition) is 2. The minimum Gasteiger partial charge on any atom is -0.507 e. The van der Waals surface area contributed by atoms with Gasteiger partial charge in [-0.15, -0.1) is 0 Å². The van der Waals surface area contributed by atoms with Crippen molar-refractivity contribution in [1.82, 2.24) is 5.43 Å². The first-order chi connectivity index (χ1) is 10.8. The van der Waals surface area contributed by atoms with Crippen molar-refractivity contribution in [2.75, 3.05) is 0 Å². The van der Waals surface area contributed by atoms with E-state index >= 15 is 0 Å². The molecular weight excluding hydrogens is 276 g/mol. The van der Waals surface area contributed by atoms with E-state index < -0.39 is 5.91 Å². The van der Waals surface area contributed by atoms with E-state index in [0.29, 0.717) is 0 Å². The maximum atomic E-state index is 11.9. The number of phenolic OH excluding ortho intramolecular Hbond substituents is 1. The fraction of sp³-hybridized carbons (Fsp3) is 0. The Morgan fingerprint density at radius 2 is 1.68 bits per heavy atom. The van der Waals surface area contributed by atoms with Gasteiger partial charge in [-0.2, -0.15) is 5.10 Å². The van der Waals surface area contributed by atoms with Crippen molar-refractivity contribution in [1.29, 1.82) is 0 Å². The van der Waals surface area contributed by atoms with E-state index in [-0.39, 0.29) is 11.3 Å². The van der Waals surface area contributed by atoms with Crippen LogP contribution in [0.3, 0.4) is 0 Å². The monoisotopic (exact) mass is 290 g/mol. The molecule has 1 amide bonds. The van der Waals surface area contributed by atoms with Gasteiger partial charge < -0.3 is 5.11 Å². The zero-order valence-corrected chi connectivity index (χ0v) is 11.7. The summed E-state index contributed by atoms with van der Waals surface area (Å²) < 4.78 is 0. The van der Waals surface area contributed by atoms with Crippen LogP contribution >= 0.6 is 0 Å². The molecule has 0 fully saturated rings. The van der Waals surface area contributed by atoms with Crippen molar-refractivity contribution in [3.63, 3.8) is 0 Å². The molecular formula is C18H14N2O2. The Bertz CT molecular complexity index is 851. The van der Waals surface area contributed by atoms with E-state index in [2.05, 4.69) is 10.5 Å². The second-order valence-electron chi connectivity index (χ2n) is 4.78. The number of hydrazone groups is 1. The fourth-order valence-corrected chi connectivity index (χ4v) is 2.25. The lowest BCUT2D eigenvalue weighted by Crippen LogP contribution is -2.17. The van der Waals surface area contributed by atoms with Crippen molar-refractivity contribution in [3.05, 3.63) is 77.9 Å². The van der Waals surface area contributed by atoms with Crippen molar-refractivity contribution < 1.29 is 9.90 Å². The highest BCUT2D eigenvalue weighted by atomic mass is 16.3. The molecule has 108 valence electrons. The lowest BCUT2D eigenvalue weighted by atomic mass is 10.1. The standard InChI is InChI=1S/C18H14N2O2/c21-17-11-4-3-10-16(17)18(22)20-19-12-14-8-5-7-13-6-1-2-9-15(13)14/h1-12,21H,(H,20,22)/b19-12+. The number of aromatic hydroxyl groups is 1. The molecule has 0 saturated heterocycles. The Hall–Kier alpha value is -3.14. The van der Waals surface area contributed by atoms with Crippen LogP contribution in [0.15, 0.2) is 71.8 Å². The summed E-state index contributed by atoms with van der Waals surface area (Å²) in [5, 5.41) is 15.8. The number of amides is 1. The van der Waals surface area contributed by atoms with Crippen LogP contribution in [0.5, 0.6) is 5.75 Å². The van der Waals surface area contributed by atoms with Gasteiger partial charge in [0.25, 0.3) is 5.91 Å². The number of nitrogens with zero attached hydrogens (tertiary/aromatic N) is 1. The Kier molecular flexibility index (Phi) is 3.83. The number of hydrogen-bond acceptors (Lipinski definition) is 3. The van der Waals surface area contributed by atoms with E-state index in [1.54, 1.807) is 18.3 Å². The molecule has 0 aliphatic carbocycles. The smallest absolute Gasteiger partial charge is 0.275 e. The molecule has 0 heterocycles. The zero-order valence-electron chi connectivity index (χ0n) is 11.7. The Balaban J connectivity index is 1.80. The zero-order chi connectivity index (χ0) is 15.4. The van der Waals surface area contributed by atoms with Gasteiger partial charge in [0.05, 0.1) is 11.8 Å². The van der Waals surface area contributed by atoms with Gasteiger partial charge in [-0.3, -0.25) is 4.79 Å². The minimum atomic E-state index is -0.449. The largest absolute Gasteiger partial charge is 0.507 e. The highest BCUT2D eigenvalue weighted by molar-refractivity contribution is 6.01.